The van der Waals surface area contributed by atoms with Crippen molar-refractivity contribution in [2.75, 3.05) is 11.9 Å². The summed E-state index contributed by atoms with van der Waals surface area (Å²) < 4.78 is 5.09. The first kappa shape index (κ1) is 17.9. The van der Waals surface area contributed by atoms with E-state index in [4.69, 9.17) is 4.74 Å². The minimum atomic E-state index is -0.560. The molecule has 24 heavy (non-hydrogen) atoms. The van der Waals surface area contributed by atoms with Gasteiger partial charge in [0.2, 0.25) is 5.91 Å². The molecule has 0 radical (unpaired) electrons. The average molecular weight is 348 g/mol. The van der Waals surface area contributed by atoms with Crippen molar-refractivity contribution >= 4 is 28.5 Å². The van der Waals surface area contributed by atoms with E-state index in [9.17, 15) is 9.59 Å². The van der Waals surface area contributed by atoms with E-state index in [0.29, 0.717) is 5.13 Å². The summed E-state index contributed by atoms with van der Waals surface area (Å²) in [5.41, 5.74) is 1.09. The summed E-state index contributed by atoms with van der Waals surface area (Å²) in [6.45, 7) is 5.53. The molecular weight excluding hydrogens is 328 g/mol. The summed E-state index contributed by atoms with van der Waals surface area (Å²) in [5.74, 6) is -0.224. The van der Waals surface area contributed by atoms with Crippen LogP contribution < -0.4 is 10.6 Å². The maximum absolute atomic E-state index is 11.9. The van der Waals surface area contributed by atoms with E-state index < -0.39 is 11.7 Å². The molecule has 2 rings (SSSR count). The summed E-state index contributed by atoms with van der Waals surface area (Å²) in [6.07, 6.45) is 3.01. The number of pyridine rings is 1. The summed E-state index contributed by atoms with van der Waals surface area (Å²) in [6, 6.07) is 3.73. The van der Waals surface area contributed by atoms with Gasteiger partial charge in [-0.15, -0.1) is 11.3 Å². The predicted molar refractivity (Wildman–Crippen MR) is 92.8 cm³/mol. The lowest BCUT2D eigenvalue weighted by molar-refractivity contribution is -0.116. The number of thiazole rings is 1. The third-order valence-corrected chi connectivity index (χ3v) is 3.49. The molecule has 0 spiro atoms. The second-order valence-electron chi connectivity index (χ2n) is 6.01. The molecule has 7 nitrogen and oxygen atoms in total. The quantitative estimate of drug-likeness (QED) is 0.866. The highest BCUT2D eigenvalue weighted by Crippen LogP contribution is 2.24. The summed E-state index contributed by atoms with van der Waals surface area (Å²) in [4.78, 5) is 31.7. The normalized spacial score (nSPS) is 11.0. The Morgan fingerprint density at radius 2 is 2.12 bits per heavy atom. The first-order chi connectivity index (χ1) is 11.3. The van der Waals surface area contributed by atoms with Crippen LogP contribution in [-0.2, 0) is 9.53 Å². The van der Waals surface area contributed by atoms with Crippen molar-refractivity contribution < 1.29 is 14.3 Å². The highest BCUT2D eigenvalue weighted by molar-refractivity contribution is 7.14. The van der Waals surface area contributed by atoms with Gasteiger partial charge in [-0.05, 0) is 32.9 Å². The molecule has 0 aliphatic rings. The van der Waals surface area contributed by atoms with Crippen LogP contribution in [0.15, 0.2) is 29.9 Å². The smallest absolute Gasteiger partial charge is 0.407 e. The number of ether oxygens (including phenoxy) is 1. The zero-order chi connectivity index (χ0) is 17.6. The lowest BCUT2D eigenvalue weighted by Gasteiger charge is -2.19. The van der Waals surface area contributed by atoms with Crippen LogP contribution in [0.3, 0.4) is 0 Å². The lowest BCUT2D eigenvalue weighted by Crippen LogP contribution is -2.34. The van der Waals surface area contributed by atoms with Crippen LogP contribution in [0.1, 0.15) is 27.2 Å². The summed E-state index contributed by atoms with van der Waals surface area (Å²) >= 11 is 1.34. The second kappa shape index (κ2) is 7.87. The Balaban J connectivity index is 1.77. The van der Waals surface area contributed by atoms with Crippen molar-refractivity contribution in [3.05, 3.63) is 29.9 Å². The molecule has 2 heterocycles. The molecular formula is C16H20N4O3S. The summed E-state index contributed by atoms with van der Waals surface area (Å²) in [7, 11) is 0. The van der Waals surface area contributed by atoms with Gasteiger partial charge in [-0.2, -0.15) is 0 Å². The minimum absolute atomic E-state index is 0.140. The molecule has 0 atom stereocenters. The molecule has 0 saturated heterocycles. The maximum atomic E-state index is 11.9. The van der Waals surface area contributed by atoms with Gasteiger partial charge in [-0.1, -0.05) is 0 Å². The minimum Gasteiger partial charge on any atom is -0.444 e. The highest BCUT2D eigenvalue weighted by Gasteiger charge is 2.16. The molecule has 2 amide bonds. The van der Waals surface area contributed by atoms with Gasteiger partial charge in [0.05, 0.1) is 5.69 Å². The van der Waals surface area contributed by atoms with E-state index in [1.54, 1.807) is 33.2 Å². The van der Waals surface area contributed by atoms with Crippen molar-refractivity contribution in [1.29, 1.82) is 0 Å². The van der Waals surface area contributed by atoms with Gasteiger partial charge in [-0.3, -0.25) is 9.78 Å². The third-order valence-electron chi connectivity index (χ3n) is 2.73. The Bertz CT molecular complexity index is 695. The number of nitrogens with one attached hydrogen (secondary N) is 2. The molecule has 0 fully saturated rings. The van der Waals surface area contributed by atoms with E-state index in [1.165, 1.54) is 11.3 Å². The molecule has 2 aromatic heterocycles. The Morgan fingerprint density at radius 3 is 2.79 bits per heavy atom. The maximum Gasteiger partial charge on any atom is 0.407 e. The van der Waals surface area contributed by atoms with Crippen LogP contribution in [0.2, 0.25) is 0 Å². The number of carbonyl (C=O) groups excluding carboxylic acids is 2. The Hall–Kier alpha value is -2.48. The predicted octanol–water partition coefficient (Wildman–Crippen LogP) is 3.06. The number of hydrogen-bond donors (Lipinski definition) is 2. The monoisotopic (exact) mass is 348 g/mol. The summed E-state index contributed by atoms with van der Waals surface area (Å²) in [5, 5.41) is 7.61. The van der Waals surface area contributed by atoms with Gasteiger partial charge in [0.15, 0.2) is 5.13 Å². The third kappa shape index (κ3) is 5.96. The molecule has 0 aliphatic carbocycles. The van der Waals surface area contributed by atoms with E-state index in [2.05, 4.69) is 20.6 Å². The second-order valence-corrected chi connectivity index (χ2v) is 6.86. The van der Waals surface area contributed by atoms with Crippen molar-refractivity contribution in [3.63, 3.8) is 0 Å². The molecule has 0 unspecified atom stereocenters. The van der Waals surface area contributed by atoms with Gasteiger partial charge in [0, 0.05) is 36.3 Å². The molecule has 0 aromatic carbocycles. The molecule has 0 saturated carbocycles. The largest absolute Gasteiger partial charge is 0.444 e. The van der Waals surface area contributed by atoms with Crippen LogP contribution in [0.5, 0.6) is 0 Å². The fourth-order valence-corrected chi connectivity index (χ4v) is 2.49. The van der Waals surface area contributed by atoms with Gasteiger partial charge in [0.25, 0.3) is 0 Å². The molecule has 8 heteroatoms. The van der Waals surface area contributed by atoms with Gasteiger partial charge >= 0.3 is 6.09 Å². The fourth-order valence-electron chi connectivity index (χ4n) is 1.75. The number of amides is 2. The fraction of sp³-hybridized carbons (Fsp3) is 0.375. The molecule has 2 N–H and O–H groups in total. The zero-order valence-electron chi connectivity index (χ0n) is 13.8. The molecule has 0 bridgehead atoms. The number of alkyl carbamates (subject to hydrolysis) is 1. The van der Waals surface area contributed by atoms with E-state index in [-0.39, 0.29) is 18.9 Å². The van der Waals surface area contributed by atoms with Gasteiger partial charge in [0.1, 0.15) is 5.60 Å². The number of carbonyl (C=O) groups is 2. The molecule has 0 aliphatic heterocycles. The number of rotatable bonds is 5. The van der Waals surface area contributed by atoms with E-state index >= 15 is 0 Å². The molecule has 128 valence electrons. The van der Waals surface area contributed by atoms with E-state index in [1.807, 2.05) is 17.5 Å². The lowest BCUT2D eigenvalue weighted by atomic mass is 10.2. The first-order valence-corrected chi connectivity index (χ1v) is 8.34. The number of aromatic nitrogens is 2. The topological polar surface area (TPSA) is 93.2 Å². The van der Waals surface area contributed by atoms with Crippen LogP contribution in [0.4, 0.5) is 9.93 Å². The van der Waals surface area contributed by atoms with Gasteiger partial charge < -0.3 is 15.4 Å². The van der Waals surface area contributed by atoms with Crippen molar-refractivity contribution in [1.82, 2.24) is 15.3 Å². The van der Waals surface area contributed by atoms with Crippen molar-refractivity contribution in [3.8, 4) is 11.3 Å². The number of anilines is 1. The van der Waals surface area contributed by atoms with Crippen molar-refractivity contribution in [2.45, 2.75) is 32.8 Å². The van der Waals surface area contributed by atoms with Crippen molar-refractivity contribution in [2.24, 2.45) is 0 Å². The first-order valence-electron chi connectivity index (χ1n) is 7.46. The van der Waals surface area contributed by atoms with Crippen LogP contribution in [0, 0.1) is 0 Å². The van der Waals surface area contributed by atoms with E-state index in [0.717, 1.165) is 11.3 Å². The molecule has 2 aromatic rings. The number of hydrogen-bond acceptors (Lipinski definition) is 6. The van der Waals surface area contributed by atoms with Crippen LogP contribution >= 0.6 is 11.3 Å². The number of nitrogens with zero attached hydrogens (tertiary/aromatic N) is 2. The Kier molecular flexibility index (Phi) is 5.86. The van der Waals surface area contributed by atoms with Gasteiger partial charge in [-0.25, -0.2) is 9.78 Å². The Labute approximate surface area is 144 Å². The zero-order valence-corrected chi connectivity index (χ0v) is 14.6. The Morgan fingerprint density at radius 1 is 1.33 bits per heavy atom. The van der Waals surface area contributed by atoms with Crippen LogP contribution in [0.25, 0.3) is 11.3 Å². The average Bonchev–Trinajstić information content (AvgIpc) is 2.94. The standard InChI is InChI=1S/C16H20N4O3S/c1-16(2,3)23-15(22)18-8-6-13(21)20-14-19-12(10-24-14)11-5-4-7-17-9-11/h4-5,7,9-10H,6,8H2,1-3H3,(H,18,22)(H,19,20,21). The highest BCUT2D eigenvalue weighted by atomic mass is 32.1. The van der Waals surface area contributed by atoms with Crippen LogP contribution in [-0.4, -0.2) is 34.1 Å². The SMILES string of the molecule is CC(C)(C)OC(=O)NCCC(=O)Nc1nc(-c2cccnc2)cs1.